The lowest BCUT2D eigenvalue weighted by Gasteiger charge is -2.29. The second-order valence-corrected chi connectivity index (χ2v) is 4.34. The van der Waals surface area contributed by atoms with Crippen LogP contribution in [0.3, 0.4) is 0 Å². The quantitative estimate of drug-likeness (QED) is 0.511. The molecule has 1 fully saturated rings. The summed E-state index contributed by atoms with van der Waals surface area (Å²) in [6.45, 7) is 7.43. The summed E-state index contributed by atoms with van der Waals surface area (Å²) in [5, 5.41) is 0. The lowest BCUT2D eigenvalue weighted by atomic mass is 10.1. The SMILES string of the molecule is CC1CC(=O)N(C(C)(C)C)C1=O. The van der Waals surface area contributed by atoms with Gasteiger partial charge < -0.3 is 0 Å². The van der Waals surface area contributed by atoms with Crippen LogP contribution >= 0.6 is 0 Å². The second kappa shape index (κ2) is 2.57. The zero-order chi connectivity index (χ0) is 9.52. The summed E-state index contributed by atoms with van der Waals surface area (Å²) >= 11 is 0. The van der Waals surface area contributed by atoms with Crippen LogP contribution in [0.25, 0.3) is 0 Å². The van der Waals surface area contributed by atoms with Gasteiger partial charge in [-0.3, -0.25) is 14.5 Å². The van der Waals surface area contributed by atoms with E-state index < -0.39 is 0 Å². The minimum Gasteiger partial charge on any atom is -0.277 e. The maximum absolute atomic E-state index is 11.5. The zero-order valence-electron chi connectivity index (χ0n) is 8.05. The van der Waals surface area contributed by atoms with Gasteiger partial charge in [0.1, 0.15) is 0 Å². The predicted octanol–water partition coefficient (Wildman–Crippen LogP) is 1.18. The van der Waals surface area contributed by atoms with Gasteiger partial charge in [0.25, 0.3) is 0 Å². The number of imide groups is 1. The summed E-state index contributed by atoms with van der Waals surface area (Å²) < 4.78 is 0. The molecule has 68 valence electrons. The van der Waals surface area contributed by atoms with Crippen LogP contribution in [-0.2, 0) is 9.59 Å². The molecule has 1 aliphatic rings. The molecule has 1 heterocycles. The van der Waals surface area contributed by atoms with E-state index in [1.807, 2.05) is 20.8 Å². The monoisotopic (exact) mass is 169 g/mol. The van der Waals surface area contributed by atoms with Gasteiger partial charge in [0.15, 0.2) is 0 Å². The third-order valence-corrected chi connectivity index (χ3v) is 2.04. The third kappa shape index (κ3) is 1.36. The first kappa shape index (κ1) is 9.23. The van der Waals surface area contributed by atoms with E-state index in [1.165, 1.54) is 4.90 Å². The Bertz CT molecular complexity index is 227. The number of nitrogens with zero attached hydrogens (tertiary/aromatic N) is 1. The lowest BCUT2D eigenvalue weighted by Crippen LogP contribution is -2.45. The largest absolute Gasteiger partial charge is 0.277 e. The van der Waals surface area contributed by atoms with Gasteiger partial charge in [-0.05, 0) is 20.8 Å². The number of carbonyl (C=O) groups is 2. The summed E-state index contributed by atoms with van der Waals surface area (Å²) in [6, 6.07) is 0. The van der Waals surface area contributed by atoms with Crippen molar-refractivity contribution < 1.29 is 9.59 Å². The van der Waals surface area contributed by atoms with Gasteiger partial charge in [-0.25, -0.2) is 0 Å². The van der Waals surface area contributed by atoms with Crippen LogP contribution in [0.5, 0.6) is 0 Å². The summed E-state index contributed by atoms with van der Waals surface area (Å²) in [5.41, 5.74) is -0.362. The molecule has 1 unspecified atom stereocenters. The standard InChI is InChI=1S/C9H15NO2/c1-6-5-7(11)10(8(6)12)9(2,3)4/h6H,5H2,1-4H3. The Labute approximate surface area is 72.7 Å². The van der Waals surface area contributed by atoms with E-state index in [0.717, 1.165) is 0 Å². The van der Waals surface area contributed by atoms with Gasteiger partial charge in [-0.1, -0.05) is 6.92 Å². The first-order chi connectivity index (χ1) is 5.34. The van der Waals surface area contributed by atoms with Crippen molar-refractivity contribution >= 4 is 11.8 Å². The van der Waals surface area contributed by atoms with Crippen molar-refractivity contribution in [2.75, 3.05) is 0 Å². The summed E-state index contributed by atoms with van der Waals surface area (Å²) in [6.07, 6.45) is 0.371. The van der Waals surface area contributed by atoms with Crippen LogP contribution in [0.2, 0.25) is 0 Å². The average Bonchev–Trinajstić information content (AvgIpc) is 2.05. The van der Waals surface area contributed by atoms with E-state index in [0.29, 0.717) is 6.42 Å². The molecule has 0 aromatic heterocycles. The number of rotatable bonds is 0. The smallest absolute Gasteiger partial charge is 0.233 e. The van der Waals surface area contributed by atoms with Crippen LogP contribution in [-0.4, -0.2) is 22.3 Å². The highest BCUT2D eigenvalue weighted by Gasteiger charge is 2.41. The van der Waals surface area contributed by atoms with Gasteiger partial charge >= 0.3 is 0 Å². The van der Waals surface area contributed by atoms with Gasteiger partial charge in [-0.15, -0.1) is 0 Å². The second-order valence-electron chi connectivity index (χ2n) is 4.34. The van der Waals surface area contributed by atoms with Crippen LogP contribution in [0.15, 0.2) is 0 Å². The fraction of sp³-hybridized carbons (Fsp3) is 0.778. The van der Waals surface area contributed by atoms with Crippen LogP contribution in [0, 0.1) is 5.92 Å². The van der Waals surface area contributed by atoms with E-state index in [2.05, 4.69) is 0 Å². The summed E-state index contributed by atoms with van der Waals surface area (Å²) in [5.74, 6) is -0.204. The molecule has 1 saturated heterocycles. The first-order valence-electron chi connectivity index (χ1n) is 4.21. The molecule has 12 heavy (non-hydrogen) atoms. The lowest BCUT2D eigenvalue weighted by molar-refractivity contribution is -0.144. The Kier molecular flexibility index (Phi) is 1.98. The van der Waals surface area contributed by atoms with E-state index in [-0.39, 0.29) is 23.3 Å². The van der Waals surface area contributed by atoms with Crippen LogP contribution < -0.4 is 0 Å². The number of carbonyl (C=O) groups excluding carboxylic acids is 2. The van der Waals surface area contributed by atoms with Crippen molar-refractivity contribution in [3.63, 3.8) is 0 Å². The van der Waals surface area contributed by atoms with Crippen molar-refractivity contribution in [1.29, 1.82) is 0 Å². The number of hydrogen-bond acceptors (Lipinski definition) is 2. The molecule has 0 aromatic carbocycles. The Morgan fingerprint density at radius 1 is 1.33 bits per heavy atom. The molecule has 3 nitrogen and oxygen atoms in total. The fourth-order valence-corrected chi connectivity index (χ4v) is 1.49. The molecule has 0 aromatic rings. The Morgan fingerprint density at radius 3 is 2.00 bits per heavy atom. The molecule has 0 saturated carbocycles. The maximum Gasteiger partial charge on any atom is 0.233 e. The molecule has 1 aliphatic heterocycles. The summed E-state index contributed by atoms with van der Waals surface area (Å²) in [4.78, 5) is 24.2. The van der Waals surface area contributed by atoms with Crippen molar-refractivity contribution in [1.82, 2.24) is 4.90 Å². The molecule has 2 amide bonds. The van der Waals surface area contributed by atoms with Crippen molar-refractivity contribution in [2.45, 2.75) is 39.7 Å². The van der Waals surface area contributed by atoms with Gasteiger partial charge in [0.2, 0.25) is 11.8 Å². The molecule has 0 N–H and O–H groups in total. The molecule has 0 radical (unpaired) electrons. The van der Waals surface area contributed by atoms with Crippen molar-refractivity contribution in [3.8, 4) is 0 Å². The molecule has 0 bridgehead atoms. The van der Waals surface area contributed by atoms with E-state index in [4.69, 9.17) is 0 Å². The maximum atomic E-state index is 11.5. The van der Waals surface area contributed by atoms with E-state index in [9.17, 15) is 9.59 Å². The topological polar surface area (TPSA) is 37.4 Å². The predicted molar refractivity (Wildman–Crippen MR) is 45.4 cm³/mol. The number of likely N-dealkylation sites (tertiary alicyclic amines) is 1. The van der Waals surface area contributed by atoms with Gasteiger partial charge in [0.05, 0.1) is 0 Å². The highest BCUT2D eigenvalue weighted by atomic mass is 16.2. The van der Waals surface area contributed by atoms with E-state index in [1.54, 1.807) is 6.92 Å². The molecule has 0 spiro atoms. The number of amides is 2. The fourth-order valence-electron chi connectivity index (χ4n) is 1.49. The molecule has 1 atom stereocenters. The Hall–Kier alpha value is -0.860. The van der Waals surface area contributed by atoms with Gasteiger partial charge in [0, 0.05) is 17.9 Å². The van der Waals surface area contributed by atoms with Crippen LogP contribution in [0.1, 0.15) is 34.1 Å². The zero-order valence-corrected chi connectivity index (χ0v) is 8.05. The van der Waals surface area contributed by atoms with Crippen LogP contribution in [0.4, 0.5) is 0 Å². The molecule has 1 rings (SSSR count). The average molecular weight is 169 g/mol. The first-order valence-corrected chi connectivity index (χ1v) is 4.21. The minimum atomic E-state index is -0.362. The Balaban J connectivity index is 2.92. The molecule has 3 heteroatoms. The third-order valence-electron chi connectivity index (χ3n) is 2.04. The molecular formula is C9H15NO2. The molecule has 0 aliphatic carbocycles. The normalized spacial score (nSPS) is 25.3. The van der Waals surface area contributed by atoms with Crippen molar-refractivity contribution in [2.24, 2.45) is 5.92 Å². The summed E-state index contributed by atoms with van der Waals surface area (Å²) in [7, 11) is 0. The van der Waals surface area contributed by atoms with E-state index >= 15 is 0 Å². The molecular weight excluding hydrogens is 154 g/mol. The number of hydrogen-bond donors (Lipinski definition) is 0. The Morgan fingerprint density at radius 2 is 1.83 bits per heavy atom. The minimum absolute atomic E-state index is 0.0347. The highest BCUT2D eigenvalue weighted by molar-refractivity contribution is 6.04. The van der Waals surface area contributed by atoms with Crippen molar-refractivity contribution in [3.05, 3.63) is 0 Å². The van der Waals surface area contributed by atoms with Gasteiger partial charge in [-0.2, -0.15) is 0 Å². The highest BCUT2D eigenvalue weighted by Crippen LogP contribution is 2.26.